The van der Waals surface area contributed by atoms with E-state index in [0.717, 1.165) is 12.8 Å². The summed E-state index contributed by atoms with van der Waals surface area (Å²) in [4.78, 5) is 22.3. The first-order chi connectivity index (χ1) is 9.02. The monoisotopic (exact) mass is 264 g/mol. The normalized spacial score (nSPS) is 15.7. The number of amides is 1. The van der Waals surface area contributed by atoms with Crippen molar-refractivity contribution in [1.82, 2.24) is 5.32 Å². The Labute approximate surface area is 110 Å². The summed E-state index contributed by atoms with van der Waals surface area (Å²) in [6.45, 7) is 1.94. The summed E-state index contributed by atoms with van der Waals surface area (Å²) in [6, 6.07) is 4.08. The maximum absolute atomic E-state index is 12.1. The molecule has 6 heteroatoms. The van der Waals surface area contributed by atoms with Gasteiger partial charge in [0.2, 0.25) is 0 Å². The predicted octanol–water partition coefficient (Wildman–Crippen LogP) is 2.13. The maximum atomic E-state index is 12.1. The number of hydrogen-bond donors (Lipinski definition) is 1. The molecule has 1 atom stereocenters. The van der Waals surface area contributed by atoms with Gasteiger partial charge in [-0.05, 0) is 31.7 Å². The molecule has 1 aromatic carbocycles. The van der Waals surface area contributed by atoms with Gasteiger partial charge in [-0.25, -0.2) is 0 Å². The number of nitrogens with one attached hydrogen (secondary N) is 1. The summed E-state index contributed by atoms with van der Waals surface area (Å²) in [5, 5.41) is 13.6. The smallest absolute Gasteiger partial charge is 0.270 e. The SMILES string of the molecule is COc1ccc([N+](=O)[O-])cc1C(=O)NC(C)C1CC1. The molecule has 102 valence electrons. The maximum Gasteiger partial charge on any atom is 0.270 e. The molecular formula is C13H16N2O4. The summed E-state index contributed by atoms with van der Waals surface area (Å²) < 4.78 is 5.08. The molecule has 0 spiro atoms. The largest absolute Gasteiger partial charge is 0.496 e. The topological polar surface area (TPSA) is 81.5 Å². The average Bonchev–Trinajstić information content (AvgIpc) is 3.21. The van der Waals surface area contributed by atoms with Gasteiger partial charge in [0.1, 0.15) is 5.75 Å². The van der Waals surface area contributed by atoms with Gasteiger partial charge < -0.3 is 10.1 Å². The summed E-state index contributed by atoms with van der Waals surface area (Å²) in [5.41, 5.74) is 0.0780. The van der Waals surface area contributed by atoms with Crippen molar-refractivity contribution >= 4 is 11.6 Å². The number of nitro groups is 1. The van der Waals surface area contributed by atoms with Gasteiger partial charge in [-0.1, -0.05) is 0 Å². The molecule has 1 unspecified atom stereocenters. The van der Waals surface area contributed by atoms with Crippen LogP contribution >= 0.6 is 0 Å². The van der Waals surface area contributed by atoms with Gasteiger partial charge in [0, 0.05) is 18.2 Å². The molecule has 0 radical (unpaired) electrons. The summed E-state index contributed by atoms with van der Waals surface area (Å²) in [7, 11) is 1.43. The lowest BCUT2D eigenvalue weighted by molar-refractivity contribution is -0.384. The molecule has 1 amide bonds. The Kier molecular flexibility index (Phi) is 3.69. The number of hydrogen-bond acceptors (Lipinski definition) is 4. The van der Waals surface area contributed by atoms with E-state index in [1.54, 1.807) is 0 Å². The second-order valence-electron chi connectivity index (χ2n) is 4.74. The Morgan fingerprint density at radius 1 is 1.53 bits per heavy atom. The highest BCUT2D eigenvalue weighted by Gasteiger charge is 2.30. The molecule has 1 N–H and O–H groups in total. The van der Waals surface area contributed by atoms with E-state index >= 15 is 0 Å². The van der Waals surface area contributed by atoms with Crippen molar-refractivity contribution in [3.8, 4) is 5.75 Å². The number of ether oxygens (including phenoxy) is 1. The van der Waals surface area contributed by atoms with Crippen LogP contribution in [0.1, 0.15) is 30.1 Å². The lowest BCUT2D eigenvalue weighted by atomic mass is 10.1. The van der Waals surface area contributed by atoms with E-state index in [-0.39, 0.29) is 23.2 Å². The van der Waals surface area contributed by atoms with Crippen LogP contribution in [0.4, 0.5) is 5.69 Å². The van der Waals surface area contributed by atoms with Gasteiger partial charge in [0.05, 0.1) is 17.6 Å². The number of nitro benzene ring substituents is 1. The van der Waals surface area contributed by atoms with Crippen molar-refractivity contribution in [2.75, 3.05) is 7.11 Å². The Hall–Kier alpha value is -2.11. The van der Waals surface area contributed by atoms with Gasteiger partial charge >= 0.3 is 0 Å². The van der Waals surface area contributed by atoms with Crippen molar-refractivity contribution in [3.05, 3.63) is 33.9 Å². The lowest BCUT2D eigenvalue weighted by Crippen LogP contribution is -2.34. The Morgan fingerprint density at radius 2 is 2.21 bits per heavy atom. The number of benzene rings is 1. The van der Waals surface area contributed by atoms with E-state index in [9.17, 15) is 14.9 Å². The summed E-state index contributed by atoms with van der Waals surface area (Å²) in [5.74, 6) is 0.527. The van der Waals surface area contributed by atoms with Gasteiger partial charge in [-0.2, -0.15) is 0 Å². The van der Waals surface area contributed by atoms with E-state index in [2.05, 4.69) is 5.32 Å². The quantitative estimate of drug-likeness (QED) is 0.652. The summed E-state index contributed by atoms with van der Waals surface area (Å²) >= 11 is 0. The van der Waals surface area contributed by atoms with E-state index < -0.39 is 4.92 Å². The Bertz CT molecular complexity index is 511. The average molecular weight is 264 g/mol. The Balaban J connectivity index is 2.22. The molecule has 1 fully saturated rings. The third-order valence-electron chi connectivity index (χ3n) is 3.33. The number of carbonyl (C=O) groups is 1. The van der Waals surface area contributed by atoms with Crippen LogP contribution in [0.15, 0.2) is 18.2 Å². The fourth-order valence-electron chi connectivity index (χ4n) is 1.99. The highest BCUT2D eigenvalue weighted by molar-refractivity contribution is 5.97. The van der Waals surface area contributed by atoms with Crippen molar-refractivity contribution in [3.63, 3.8) is 0 Å². The number of carbonyl (C=O) groups excluding carboxylic acids is 1. The first-order valence-corrected chi connectivity index (χ1v) is 6.16. The first kappa shape index (κ1) is 13.3. The number of nitrogens with zero attached hydrogens (tertiary/aromatic N) is 1. The highest BCUT2D eigenvalue weighted by Crippen LogP contribution is 2.33. The molecule has 1 aliphatic rings. The third kappa shape index (κ3) is 3.01. The number of methoxy groups -OCH3 is 1. The zero-order valence-electron chi connectivity index (χ0n) is 10.9. The molecule has 1 aliphatic carbocycles. The van der Waals surface area contributed by atoms with E-state index in [1.165, 1.54) is 25.3 Å². The van der Waals surface area contributed by atoms with Crippen LogP contribution in [0.5, 0.6) is 5.75 Å². The van der Waals surface area contributed by atoms with Crippen LogP contribution in [-0.4, -0.2) is 24.0 Å². The molecule has 0 aromatic heterocycles. The summed E-state index contributed by atoms with van der Waals surface area (Å²) in [6.07, 6.45) is 2.24. The minimum absolute atomic E-state index is 0.0801. The first-order valence-electron chi connectivity index (χ1n) is 6.16. The van der Waals surface area contributed by atoms with Crippen molar-refractivity contribution in [2.45, 2.75) is 25.8 Å². The van der Waals surface area contributed by atoms with Crippen LogP contribution in [0.2, 0.25) is 0 Å². The van der Waals surface area contributed by atoms with Crippen molar-refractivity contribution in [1.29, 1.82) is 0 Å². The minimum Gasteiger partial charge on any atom is -0.496 e. The standard InChI is InChI=1S/C13H16N2O4/c1-8(9-3-4-9)14-13(16)11-7-10(15(17)18)5-6-12(11)19-2/h5-9H,3-4H2,1-2H3,(H,14,16). The van der Waals surface area contributed by atoms with E-state index in [1.807, 2.05) is 6.92 Å². The van der Waals surface area contributed by atoms with Gasteiger partial charge in [0.25, 0.3) is 11.6 Å². The second kappa shape index (κ2) is 5.26. The molecule has 0 heterocycles. The van der Waals surface area contributed by atoms with Gasteiger partial charge in [0.15, 0.2) is 0 Å². The number of non-ortho nitro benzene ring substituents is 1. The van der Waals surface area contributed by atoms with Gasteiger partial charge in [-0.15, -0.1) is 0 Å². The molecule has 6 nitrogen and oxygen atoms in total. The second-order valence-corrected chi connectivity index (χ2v) is 4.74. The third-order valence-corrected chi connectivity index (χ3v) is 3.33. The minimum atomic E-state index is -0.527. The zero-order valence-corrected chi connectivity index (χ0v) is 10.9. The predicted molar refractivity (Wildman–Crippen MR) is 69.3 cm³/mol. The molecule has 0 saturated heterocycles. The molecule has 0 bridgehead atoms. The van der Waals surface area contributed by atoms with Crippen LogP contribution in [0.3, 0.4) is 0 Å². The number of rotatable bonds is 5. The molecule has 0 aliphatic heterocycles. The van der Waals surface area contributed by atoms with Gasteiger partial charge in [-0.3, -0.25) is 14.9 Å². The van der Waals surface area contributed by atoms with Crippen molar-refractivity contribution in [2.24, 2.45) is 5.92 Å². The molecule has 19 heavy (non-hydrogen) atoms. The van der Waals surface area contributed by atoms with Crippen molar-refractivity contribution < 1.29 is 14.5 Å². The van der Waals surface area contributed by atoms with Crippen LogP contribution in [0.25, 0.3) is 0 Å². The van der Waals surface area contributed by atoms with Crippen LogP contribution < -0.4 is 10.1 Å². The highest BCUT2D eigenvalue weighted by atomic mass is 16.6. The van der Waals surface area contributed by atoms with E-state index in [0.29, 0.717) is 11.7 Å². The zero-order chi connectivity index (χ0) is 14.0. The van der Waals surface area contributed by atoms with E-state index in [4.69, 9.17) is 4.74 Å². The molecule has 1 aromatic rings. The Morgan fingerprint density at radius 3 is 2.74 bits per heavy atom. The molecule has 2 rings (SSSR count). The lowest BCUT2D eigenvalue weighted by Gasteiger charge is -2.14. The van der Waals surface area contributed by atoms with Crippen LogP contribution in [0, 0.1) is 16.0 Å². The van der Waals surface area contributed by atoms with Crippen LogP contribution in [-0.2, 0) is 0 Å². The fourth-order valence-corrected chi connectivity index (χ4v) is 1.99. The fraction of sp³-hybridized carbons (Fsp3) is 0.462. The molecular weight excluding hydrogens is 248 g/mol. The molecule has 1 saturated carbocycles.